The maximum atomic E-state index is 12.1. The molecule has 2 aromatic rings. The van der Waals surface area contributed by atoms with Crippen molar-refractivity contribution in [2.75, 3.05) is 6.61 Å². The van der Waals surface area contributed by atoms with Crippen LogP contribution in [0.3, 0.4) is 0 Å². The zero-order valence-electron chi connectivity index (χ0n) is 14.2. The highest BCUT2D eigenvalue weighted by atomic mass is 16.5. The second kappa shape index (κ2) is 7.86. The lowest BCUT2D eigenvalue weighted by atomic mass is 10.1. The first-order valence-corrected chi connectivity index (χ1v) is 8.52. The number of carbonyl (C=O) groups is 3. The Kier molecular flexibility index (Phi) is 5.36. The van der Waals surface area contributed by atoms with E-state index in [2.05, 4.69) is 10.6 Å². The van der Waals surface area contributed by atoms with Gasteiger partial charge in [0.15, 0.2) is 6.61 Å². The summed E-state index contributed by atoms with van der Waals surface area (Å²) in [4.78, 5) is 35.6. The lowest BCUT2D eigenvalue weighted by molar-refractivity contribution is -0.123. The molecule has 7 nitrogen and oxygen atoms in total. The van der Waals surface area contributed by atoms with E-state index in [1.165, 1.54) is 12.1 Å². The minimum absolute atomic E-state index is 0.0353. The van der Waals surface area contributed by atoms with Gasteiger partial charge in [-0.3, -0.25) is 10.1 Å². The second-order valence-electron chi connectivity index (χ2n) is 6.30. The highest BCUT2D eigenvalue weighted by Gasteiger charge is 2.19. The van der Waals surface area contributed by atoms with Gasteiger partial charge < -0.3 is 15.2 Å². The van der Waals surface area contributed by atoms with Crippen LogP contribution in [0.4, 0.5) is 4.79 Å². The fourth-order valence-corrected chi connectivity index (χ4v) is 3.05. The van der Waals surface area contributed by atoms with Crippen LogP contribution in [0.15, 0.2) is 36.4 Å². The van der Waals surface area contributed by atoms with Gasteiger partial charge in [-0.2, -0.15) is 0 Å². The van der Waals surface area contributed by atoms with Crippen molar-refractivity contribution in [1.82, 2.24) is 10.6 Å². The predicted octanol–water partition coefficient (Wildman–Crippen LogP) is 2.47. The van der Waals surface area contributed by atoms with Gasteiger partial charge in [0, 0.05) is 6.04 Å². The maximum absolute atomic E-state index is 12.1. The number of ether oxygens (including phenoxy) is 1. The third kappa shape index (κ3) is 4.30. The van der Waals surface area contributed by atoms with Gasteiger partial charge in [0.1, 0.15) is 11.3 Å². The molecule has 0 bridgehead atoms. The van der Waals surface area contributed by atoms with Gasteiger partial charge in [0.25, 0.3) is 5.91 Å². The van der Waals surface area contributed by atoms with E-state index >= 15 is 0 Å². The van der Waals surface area contributed by atoms with E-state index in [1.54, 1.807) is 12.1 Å². The van der Waals surface area contributed by atoms with Crippen molar-refractivity contribution >= 4 is 28.7 Å². The molecule has 2 aromatic carbocycles. The highest BCUT2D eigenvalue weighted by Crippen LogP contribution is 2.25. The first kappa shape index (κ1) is 17.7. The van der Waals surface area contributed by atoms with Gasteiger partial charge in [0.2, 0.25) is 0 Å². The Balaban J connectivity index is 1.54. The largest absolute Gasteiger partial charge is 0.507 e. The van der Waals surface area contributed by atoms with Crippen molar-refractivity contribution in [2.24, 2.45) is 0 Å². The van der Waals surface area contributed by atoms with Crippen LogP contribution in [0.25, 0.3) is 10.8 Å². The molecule has 3 rings (SSSR count). The van der Waals surface area contributed by atoms with Crippen LogP contribution in [-0.4, -0.2) is 35.7 Å². The smallest absolute Gasteiger partial charge is 0.342 e. The number of imide groups is 1. The molecule has 136 valence electrons. The summed E-state index contributed by atoms with van der Waals surface area (Å²) in [5.74, 6) is -1.79. The number of fused-ring (bicyclic) bond motifs is 1. The Morgan fingerprint density at radius 3 is 2.42 bits per heavy atom. The van der Waals surface area contributed by atoms with Gasteiger partial charge in [-0.05, 0) is 35.7 Å². The first-order valence-electron chi connectivity index (χ1n) is 8.52. The molecule has 0 saturated heterocycles. The predicted molar refractivity (Wildman–Crippen MR) is 94.8 cm³/mol. The summed E-state index contributed by atoms with van der Waals surface area (Å²) in [5.41, 5.74) is -0.0353. The molecule has 0 spiro atoms. The Hall–Kier alpha value is -3.09. The summed E-state index contributed by atoms with van der Waals surface area (Å²) >= 11 is 0. The van der Waals surface area contributed by atoms with Crippen LogP contribution in [0.2, 0.25) is 0 Å². The molecule has 0 aromatic heterocycles. The fraction of sp³-hybridized carbons (Fsp3) is 0.316. The third-order valence-corrected chi connectivity index (χ3v) is 4.36. The van der Waals surface area contributed by atoms with Crippen LogP contribution in [0.5, 0.6) is 5.75 Å². The Morgan fingerprint density at radius 1 is 1.08 bits per heavy atom. The number of esters is 1. The molecule has 1 saturated carbocycles. The lowest BCUT2D eigenvalue weighted by Crippen LogP contribution is -2.44. The first-order chi connectivity index (χ1) is 12.5. The standard InChI is InChI=1S/C19H20N2O5/c22-16-10-13-6-2-1-5-12(13)9-15(16)18(24)26-11-17(23)21-19(25)20-14-7-3-4-8-14/h1-2,5-6,9-10,14,22H,3-4,7-8,11H2,(H2,20,21,23,25). The number of amides is 3. The van der Waals surface area contributed by atoms with Crippen LogP contribution < -0.4 is 10.6 Å². The van der Waals surface area contributed by atoms with Crippen LogP contribution in [0, 0.1) is 0 Å². The number of phenols is 1. The molecule has 0 radical (unpaired) electrons. The number of urea groups is 1. The normalized spacial score (nSPS) is 14.2. The monoisotopic (exact) mass is 356 g/mol. The van der Waals surface area contributed by atoms with Crippen LogP contribution in [-0.2, 0) is 9.53 Å². The van der Waals surface area contributed by atoms with Crippen LogP contribution >= 0.6 is 0 Å². The number of nitrogens with one attached hydrogen (secondary N) is 2. The zero-order chi connectivity index (χ0) is 18.5. The average molecular weight is 356 g/mol. The number of carbonyl (C=O) groups excluding carboxylic acids is 3. The van der Waals surface area contributed by atoms with E-state index < -0.39 is 24.5 Å². The maximum Gasteiger partial charge on any atom is 0.342 e. The number of hydrogen-bond acceptors (Lipinski definition) is 5. The summed E-state index contributed by atoms with van der Waals surface area (Å²) < 4.78 is 4.90. The molecule has 0 unspecified atom stereocenters. The lowest BCUT2D eigenvalue weighted by Gasteiger charge is -2.12. The number of phenolic OH excluding ortho intramolecular Hbond substituents is 1. The van der Waals surface area contributed by atoms with Crippen molar-refractivity contribution in [3.05, 3.63) is 42.0 Å². The Morgan fingerprint density at radius 2 is 1.73 bits per heavy atom. The minimum atomic E-state index is -0.834. The summed E-state index contributed by atoms with van der Waals surface area (Å²) in [6, 6.07) is 9.68. The third-order valence-electron chi connectivity index (χ3n) is 4.36. The summed E-state index contributed by atoms with van der Waals surface area (Å²) in [6.07, 6.45) is 3.92. The molecular formula is C19H20N2O5. The van der Waals surface area contributed by atoms with Crippen molar-refractivity contribution in [3.63, 3.8) is 0 Å². The number of hydrogen-bond donors (Lipinski definition) is 3. The van der Waals surface area contributed by atoms with Crippen molar-refractivity contribution in [1.29, 1.82) is 0 Å². The van der Waals surface area contributed by atoms with Gasteiger partial charge >= 0.3 is 12.0 Å². The van der Waals surface area contributed by atoms with Gasteiger partial charge in [-0.15, -0.1) is 0 Å². The van der Waals surface area contributed by atoms with E-state index in [0.717, 1.165) is 36.5 Å². The average Bonchev–Trinajstić information content (AvgIpc) is 3.11. The molecule has 3 amide bonds. The molecule has 1 aliphatic rings. The molecule has 1 fully saturated rings. The molecule has 0 aliphatic heterocycles. The summed E-state index contributed by atoms with van der Waals surface area (Å²) in [6.45, 7) is -0.608. The van der Waals surface area contributed by atoms with Gasteiger partial charge in [-0.1, -0.05) is 37.1 Å². The van der Waals surface area contributed by atoms with Crippen molar-refractivity contribution in [3.8, 4) is 5.75 Å². The topological polar surface area (TPSA) is 105 Å². The van der Waals surface area contributed by atoms with E-state index in [-0.39, 0.29) is 17.4 Å². The molecule has 7 heteroatoms. The number of benzene rings is 2. The fourth-order valence-electron chi connectivity index (χ4n) is 3.05. The van der Waals surface area contributed by atoms with E-state index in [0.29, 0.717) is 0 Å². The molecule has 0 atom stereocenters. The van der Waals surface area contributed by atoms with E-state index in [9.17, 15) is 19.5 Å². The number of aromatic hydroxyl groups is 1. The molecule has 3 N–H and O–H groups in total. The molecular weight excluding hydrogens is 336 g/mol. The summed E-state index contributed by atoms with van der Waals surface area (Å²) in [7, 11) is 0. The Bertz CT molecular complexity index is 843. The summed E-state index contributed by atoms with van der Waals surface area (Å²) in [5, 5.41) is 16.4. The van der Waals surface area contributed by atoms with Crippen molar-refractivity contribution < 1.29 is 24.2 Å². The Labute approximate surface area is 150 Å². The SMILES string of the molecule is O=C(COC(=O)c1cc2ccccc2cc1O)NC(=O)NC1CCCC1. The van der Waals surface area contributed by atoms with E-state index in [1.807, 2.05) is 12.1 Å². The molecule has 0 heterocycles. The minimum Gasteiger partial charge on any atom is -0.507 e. The zero-order valence-corrected chi connectivity index (χ0v) is 14.2. The van der Waals surface area contributed by atoms with Crippen molar-refractivity contribution in [2.45, 2.75) is 31.7 Å². The second-order valence-corrected chi connectivity index (χ2v) is 6.30. The quantitative estimate of drug-likeness (QED) is 0.730. The van der Waals surface area contributed by atoms with Gasteiger partial charge in [-0.25, -0.2) is 9.59 Å². The van der Waals surface area contributed by atoms with E-state index in [4.69, 9.17) is 4.74 Å². The molecule has 1 aliphatic carbocycles. The molecule has 26 heavy (non-hydrogen) atoms. The van der Waals surface area contributed by atoms with Crippen LogP contribution in [0.1, 0.15) is 36.0 Å². The van der Waals surface area contributed by atoms with Gasteiger partial charge in [0.05, 0.1) is 0 Å². The number of rotatable bonds is 4. The highest BCUT2D eigenvalue weighted by molar-refractivity contribution is 6.00.